The number of nitrogens with one attached hydrogen (secondary N) is 2. The number of esters is 1. The van der Waals surface area contributed by atoms with E-state index in [2.05, 4.69) is 10.6 Å². The van der Waals surface area contributed by atoms with Crippen LogP contribution in [0.25, 0.3) is 5.70 Å². The molecular weight excluding hydrogens is 400 g/mol. The minimum Gasteiger partial charge on any atom is -0.490 e. The van der Waals surface area contributed by atoms with E-state index in [0.29, 0.717) is 41.1 Å². The molecule has 0 spiro atoms. The first-order valence-corrected chi connectivity index (χ1v) is 10.4. The number of carbonyl (C=O) groups is 1. The average Bonchev–Trinajstić information content (AvgIpc) is 2.75. The Bertz CT molecular complexity index is 943. The molecule has 2 N–H and O–H groups in total. The van der Waals surface area contributed by atoms with Gasteiger partial charge in [0.15, 0.2) is 16.6 Å². The predicted octanol–water partition coefficient (Wildman–Crippen LogP) is 3.98. The molecule has 7 heteroatoms. The second-order valence-corrected chi connectivity index (χ2v) is 6.89. The minimum atomic E-state index is -0.497. The predicted molar refractivity (Wildman–Crippen MR) is 120 cm³/mol. The van der Waals surface area contributed by atoms with Crippen molar-refractivity contribution in [3.05, 3.63) is 65.2 Å². The van der Waals surface area contributed by atoms with Crippen LogP contribution in [0, 0.1) is 0 Å². The van der Waals surface area contributed by atoms with Crippen LogP contribution in [0.1, 0.15) is 37.9 Å². The summed E-state index contributed by atoms with van der Waals surface area (Å²) in [7, 11) is 0. The molecular formula is C23H26N2O4S. The molecule has 2 aromatic rings. The van der Waals surface area contributed by atoms with Crippen molar-refractivity contribution in [1.82, 2.24) is 10.6 Å². The zero-order chi connectivity index (χ0) is 21.5. The second-order valence-electron chi connectivity index (χ2n) is 6.48. The van der Waals surface area contributed by atoms with E-state index < -0.39 is 12.0 Å². The average molecular weight is 427 g/mol. The first-order valence-electron chi connectivity index (χ1n) is 10.0. The zero-order valence-corrected chi connectivity index (χ0v) is 18.2. The van der Waals surface area contributed by atoms with Gasteiger partial charge in [0.1, 0.15) is 0 Å². The van der Waals surface area contributed by atoms with Crippen molar-refractivity contribution in [2.24, 2.45) is 0 Å². The van der Waals surface area contributed by atoms with E-state index in [-0.39, 0.29) is 6.61 Å². The Hall–Kier alpha value is -3.06. The van der Waals surface area contributed by atoms with Crippen molar-refractivity contribution in [3.8, 4) is 11.5 Å². The van der Waals surface area contributed by atoms with E-state index in [0.717, 1.165) is 11.1 Å². The molecule has 1 aliphatic heterocycles. The zero-order valence-electron chi connectivity index (χ0n) is 17.4. The minimum absolute atomic E-state index is 0.273. The number of rotatable bonds is 8. The van der Waals surface area contributed by atoms with E-state index in [9.17, 15) is 4.79 Å². The van der Waals surface area contributed by atoms with Crippen LogP contribution in [0.15, 0.2) is 54.1 Å². The molecule has 0 aromatic heterocycles. The van der Waals surface area contributed by atoms with Gasteiger partial charge in [-0.1, -0.05) is 36.4 Å². The summed E-state index contributed by atoms with van der Waals surface area (Å²) in [4.78, 5) is 13.0. The van der Waals surface area contributed by atoms with Crippen molar-refractivity contribution in [1.29, 1.82) is 0 Å². The number of ether oxygens (including phenoxy) is 3. The highest BCUT2D eigenvalue weighted by atomic mass is 32.1. The fourth-order valence-electron chi connectivity index (χ4n) is 3.32. The maximum Gasteiger partial charge on any atom is 0.338 e. The van der Waals surface area contributed by atoms with Gasteiger partial charge in [0.05, 0.1) is 37.1 Å². The Kier molecular flexibility index (Phi) is 7.30. The molecule has 0 unspecified atom stereocenters. The summed E-state index contributed by atoms with van der Waals surface area (Å²) in [6.45, 7) is 6.92. The van der Waals surface area contributed by atoms with Gasteiger partial charge in [-0.25, -0.2) is 4.79 Å². The summed E-state index contributed by atoms with van der Waals surface area (Å²) in [6.07, 6.45) is 0. The van der Waals surface area contributed by atoms with Gasteiger partial charge in [-0.3, -0.25) is 0 Å². The molecule has 0 radical (unpaired) electrons. The molecule has 0 saturated carbocycles. The molecule has 6 nitrogen and oxygen atoms in total. The first-order chi connectivity index (χ1) is 14.6. The monoisotopic (exact) mass is 426 g/mol. The largest absolute Gasteiger partial charge is 0.490 e. The SMILES string of the molecule is CCOC(=O)C1=C(c2ccccc2)NC(=S)N[C@@H]1c1ccc(OCC)c(OCC)c1. The van der Waals surface area contributed by atoms with Crippen LogP contribution in [0.4, 0.5) is 0 Å². The summed E-state index contributed by atoms with van der Waals surface area (Å²) < 4.78 is 16.8. The van der Waals surface area contributed by atoms with Crippen LogP contribution in [0.2, 0.25) is 0 Å². The highest BCUT2D eigenvalue weighted by molar-refractivity contribution is 7.80. The second kappa shape index (κ2) is 10.1. The third-order valence-electron chi connectivity index (χ3n) is 4.53. The quantitative estimate of drug-likeness (QED) is 0.489. The van der Waals surface area contributed by atoms with Gasteiger partial charge in [0, 0.05) is 0 Å². The maximum absolute atomic E-state index is 13.0. The van der Waals surface area contributed by atoms with Gasteiger partial charge in [0.2, 0.25) is 0 Å². The topological polar surface area (TPSA) is 68.8 Å². The maximum atomic E-state index is 13.0. The highest BCUT2D eigenvalue weighted by Crippen LogP contribution is 2.36. The lowest BCUT2D eigenvalue weighted by molar-refractivity contribution is -0.138. The number of carbonyl (C=O) groups excluding carboxylic acids is 1. The number of benzene rings is 2. The lowest BCUT2D eigenvalue weighted by atomic mass is 9.92. The normalized spacial score (nSPS) is 15.8. The molecule has 0 saturated heterocycles. The number of hydrogen-bond donors (Lipinski definition) is 2. The van der Waals surface area contributed by atoms with Gasteiger partial charge >= 0.3 is 5.97 Å². The van der Waals surface area contributed by atoms with E-state index in [4.69, 9.17) is 26.4 Å². The van der Waals surface area contributed by atoms with Crippen LogP contribution < -0.4 is 20.1 Å². The van der Waals surface area contributed by atoms with Gasteiger partial charge in [-0.15, -0.1) is 0 Å². The third-order valence-corrected chi connectivity index (χ3v) is 4.75. The van der Waals surface area contributed by atoms with Gasteiger partial charge < -0.3 is 24.8 Å². The van der Waals surface area contributed by atoms with Crippen LogP contribution in [0.3, 0.4) is 0 Å². The Balaban J connectivity index is 2.14. The molecule has 3 rings (SSSR count). The molecule has 158 valence electrons. The summed E-state index contributed by atoms with van der Waals surface area (Å²) in [6, 6.07) is 14.7. The van der Waals surface area contributed by atoms with Gasteiger partial charge in [-0.2, -0.15) is 0 Å². The van der Waals surface area contributed by atoms with Crippen molar-refractivity contribution in [2.75, 3.05) is 19.8 Å². The lowest BCUT2D eigenvalue weighted by Crippen LogP contribution is -2.45. The van der Waals surface area contributed by atoms with E-state index >= 15 is 0 Å². The van der Waals surface area contributed by atoms with Crippen molar-refractivity contribution in [2.45, 2.75) is 26.8 Å². The summed E-state index contributed by atoms with van der Waals surface area (Å²) in [5, 5.41) is 6.77. The lowest BCUT2D eigenvalue weighted by Gasteiger charge is -2.31. The van der Waals surface area contributed by atoms with Crippen molar-refractivity contribution < 1.29 is 19.0 Å². The molecule has 30 heavy (non-hydrogen) atoms. The molecule has 1 heterocycles. The Labute approximate surface area is 182 Å². The Morgan fingerprint density at radius 3 is 2.33 bits per heavy atom. The summed E-state index contributed by atoms with van der Waals surface area (Å²) in [5.74, 6) is 0.868. The third kappa shape index (κ3) is 4.74. The van der Waals surface area contributed by atoms with Crippen molar-refractivity contribution >= 4 is 29.0 Å². The first kappa shape index (κ1) is 21.6. The van der Waals surface area contributed by atoms with Crippen LogP contribution in [-0.4, -0.2) is 30.9 Å². The molecule has 1 atom stereocenters. The molecule has 0 bridgehead atoms. The van der Waals surface area contributed by atoms with Crippen LogP contribution >= 0.6 is 12.2 Å². The van der Waals surface area contributed by atoms with Gasteiger partial charge in [0.25, 0.3) is 0 Å². The molecule has 0 amide bonds. The summed E-state index contributed by atoms with van der Waals surface area (Å²) in [5.41, 5.74) is 2.77. The smallest absolute Gasteiger partial charge is 0.338 e. The fourth-order valence-corrected chi connectivity index (χ4v) is 3.54. The molecule has 0 aliphatic carbocycles. The van der Waals surface area contributed by atoms with Crippen LogP contribution in [-0.2, 0) is 9.53 Å². The van der Waals surface area contributed by atoms with Crippen LogP contribution in [0.5, 0.6) is 11.5 Å². The Morgan fingerprint density at radius 2 is 1.67 bits per heavy atom. The van der Waals surface area contributed by atoms with Crippen molar-refractivity contribution in [3.63, 3.8) is 0 Å². The van der Waals surface area contributed by atoms with E-state index in [1.165, 1.54) is 0 Å². The number of thiocarbonyl (C=S) groups is 1. The highest BCUT2D eigenvalue weighted by Gasteiger charge is 2.33. The molecule has 1 aliphatic rings. The summed E-state index contributed by atoms with van der Waals surface area (Å²) >= 11 is 5.45. The molecule has 0 fully saturated rings. The van der Waals surface area contributed by atoms with E-state index in [1.807, 2.05) is 62.4 Å². The Morgan fingerprint density at radius 1 is 0.967 bits per heavy atom. The van der Waals surface area contributed by atoms with Gasteiger partial charge in [-0.05, 0) is 56.2 Å². The van der Waals surface area contributed by atoms with E-state index in [1.54, 1.807) is 6.92 Å². The molecule has 2 aromatic carbocycles. The standard InChI is InChI=1S/C23H26N2O4S/c1-4-27-17-13-12-16(14-18(17)28-5-2)21-19(22(26)29-6-3)20(24-23(30)25-21)15-10-8-7-9-11-15/h7-14,21H,4-6H2,1-3H3,(H2,24,25,30)/t21-/m1/s1. The fraction of sp³-hybridized carbons (Fsp3) is 0.304. The number of hydrogen-bond acceptors (Lipinski definition) is 5.